The zero-order valence-corrected chi connectivity index (χ0v) is 50.0. The molecule has 0 N–H and O–H groups in total. The first-order valence-corrected chi connectivity index (χ1v) is 33.5. The van der Waals surface area contributed by atoms with Gasteiger partial charge in [0, 0.05) is 19.3 Å². The van der Waals surface area contributed by atoms with Gasteiger partial charge in [0.15, 0.2) is 6.10 Å². The van der Waals surface area contributed by atoms with Gasteiger partial charge in [0.1, 0.15) is 13.2 Å². The van der Waals surface area contributed by atoms with Crippen LogP contribution in [0, 0.1) is 0 Å². The third kappa shape index (κ3) is 61.1. The molecule has 0 amide bonds. The fourth-order valence-electron chi connectivity index (χ4n) is 10.6. The number of rotatable bonds is 63. The Morgan fingerprint density at radius 3 is 0.548 bits per heavy atom. The van der Waals surface area contributed by atoms with E-state index in [9.17, 15) is 14.4 Å². The maximum atomic E-state index is 12.8. The van der Waals surface area contributed by atoms with Crippen LogP contribution in [0.25, 0.3) is 0 Å². The van der Waals surface area contributed by atoms with Crippen LogP contribution in [0.1, 0.15) is 393 Å². The molecule has 0 aromatic carbocycles. The number of carbonyl (C=O) groups excluding carboxylic acids is 3. The molecule has 0 radical (unpaired) electrons. The SMILES string of the molecule is CCCCCCCCCCCCCCCCCCCCCCCCCCCCC(=O)OCC(COC(=O)CCCCCCC)OC(=O)CCCCCCCCCCCCCCCCCCCCCCCCCC. The van der Waals surface area contributed by atoms with E-state index in [1.165, 1.54) is 289 Å². The minimum atomic E-state index is -0.760. The molecular weight excluding hydrogens is 901 g/mol. The average molecular weight is 1030 g/mol. The summed E-state index contributed by atoms with van der Waals surface area (Å²) >= 11 is 0. The molecule has 0 rings (SSSR count). The van der Waals surface area contributed by atoms with Crippen molar-refractivity contribution in [2.75, 3.05) is 13.2 Å². The highest BCUT2D eigenvalue weighted by molar-refractivity contribution is 5.71. The quantitative estimate of drug-likeness (QED) is 0.0343. The van der Waals surface area contributed by atoms with Crippen molar-refractivity contribution in [1.82, 2.24) is 0 Å². The summed E-state index contributed by atoms with van der Waals surface area (Å²) in [5.74, 6) is -0.844. The molecule has 0 bridgehead atoms. The third-order valence-corrected chi connectivity index (χ3v) is 15.6. The molecular formula is C67H130O6. The predicted molar refractivity (Wildman–Crippen MR) is 317 cm³/mol. The first-order valence-electron chi connectivity index (χ1n) is 33.5. The molecule has 6 heteroatoms. The molecule has 0 aliphatic heterocycles. The van der Waals surface area contributed by atoms with E-state index in [0.29, 0.717) is 19.3 Å². The fraction of sp³-hybridized carbons (Fsp3) is 0.955. The van der Waals surface area contributed by atoms with Gasteiger partial charge in [-0.25, -0.2) is 0 Å². The summed E-state index contributed by atoms with van der Waals surface area (Å²) in [7, 11) is 0. The van der Waals surface area contributed by atoms with Crippen molar-refractivity contribution in [3.05, 3.63) is 0 Å². The summed E-state index contributed by atoms with van der Waals surface area (Å²) < 4.78 is 16.8. The largest absolute Gasteiger partial charge is 0.462 e. The van der Waals surface area contributed by atoms with Crippen molar-refractivity contribution in [1.29, 1.82) is 0 Å². The van der Waals surface area contributed by atoms with Crippen molar-refractivity contribution in [3.63, 3.8) is 0 Å². The number of carbonyl (C=O) groups is 3. The van der Waals surface area contributed by atoms with Crippen molar-refractivity contribution in [2.45, 2.75) is 399 Å². The van der Waals surface area contributed by atoms with Crippen LogP contribution in [0.3, 0.4) is 0 Å². The van der Waals surface area contributed by atoms with Crippen molar-refractivity contribution in [2.24, 2.45) is 0 Å². The zero-order chi connectivity index (χ0) is 52.9. The molecule has 0 saturated carbocycles. The van der Waals surface area contributed by atoms with Gasteiger partial charge < -0.3 is 14.2 Å². The van der Waals surface area contributed by atoms with Gasteiger partial charge in [-0.1, -0.05) is 355 Å². The van der Waals surface area contributed by atoms with E-state index in [2.05, 4.69) is 20.8 Å². The van der Waals surface area contributed by atoms with Crippen molar-refractivity contribution >= 4 is 17.9 Å². The van der Waals surface area contributed by atoms with Crippen LogP contribution >= 0.6 is 0 Å². The Morgan fingerprint density at radius 2 is 0.370 bits per heavy atom. The Morgan fingerprint density at radius 1 is 0.219 bits per heavy atom. The van der Waals surface area contributed by atoms with Crippen molar-refractivity contribution < 1.29 is 28.6 Å². The highest BCUT2D eigenvalue weighted by Gasteiger charge is 2.19. The Labute approximate surface area is 457 Å². The van der Waals surface area contributed by atoms with Gasteiger partial charge in [-0.3, -0.25) is 14.4 Å². The lowest BCUT2D eigenvalue weighted by molar-refractivity contribution is -0.167. The van der Waals surface area contributed by atoms with E-state index in [0.717, 1.165) is 64.2 Å². The zero-order valence-electron chi connectivity index (χ0n) is 50.0. The van der Waals surface area contributed by atoms with Crippen LogP contribution < -0.4 is 0 Å². The fourth-order valence-corrected chi connectivity index (χ4v) is 10.6. The van der Waals surface area contributed by atoms with Crippen LogP contribution in [0.5, 0.6) is 0 Å². The highest BCUT2D eigenvalue weighted by Crippen LogP contribution is 2.19. The van der Waals surface area contributed by atoms with E-state index in [-0.39, 0.29) is 31.1 Å². The molecule has 0 aliphatic rings. The van der Waals surface area contributed by atoms with E-state index >= 15 is 0 Å². The Balaban J connectivity index is 3.93. The second-order valence-electron chi connectivity index (χ2n) is 23.1. The first kappa shape index (κ1) is 71.4. The van der Waals surface area contributed by atoms with Gasteiger partial charge in [-0.2, -0.15) is 0 Å². The van der Waals surface area contributed by atoms with Crippen LogP contribution in [0.15, 0.2) is 0 Å². The van der Waals surface area contributed by atoms with E-state index < -0.39 is 6.10 Å². The maximum absolute atomic E-state index is 12.8. The monoisotopic (exact) mass is 1030 g/mol. The summed E-state index contributed by atoms with van der Waals surface area (Å²) in [6.45, 7) is 6.65. The van der Waals surface area contributed by atoms with Crippen molar-refractivity contribution in [3.8, 4) is 0 Å². The lowest BCUT2D eigenvalue weighted by Gasteiger charge is -2.18. The average Bonchev–Trinajstić information content (AvgIpc) is 3.39. The predicted octanol–water partition coefficient (Wildman–Crippen LogP) is 22.7. The van der Waals surface area contributed by atoms with Crippen LogP contribution in [0.2, 0.25) is 0 Å². The van der Waals surface area contributed by atoms with Gasteiger partial charge in [-0.05, 0) is 19.3 Å². The summed E-state index contributed by atoms with van der Waals surface area (Å²) in [5, 5.41) is 0. The van der Waals surface area contributed by atoms with Crippen LogP contribution in [0.4, 0.5) is 0 Å². The highest BCUT2D eigenvalue weighted by atomic mass is 16.6. The molecule has 0 heterocycles. The second kappa shape index (κ2) is 62.9. The first-order chi connectivity index (χ1) is 36.0. The summed E-state index contributed by atoms with van der Waals surface area (Å²) in [6.07, 6.45) is 73.3. The van der Waals surface area contributed by atoms with Crippen LogP contribution in [-0.2, 0) is 28.6 Å². The molecule has 0 aromatic rings. The Kier molecular flexibility index (Phi) is 61.6. The van der Waals surface area contributed by atoms with E-state index in [1.807, 2.05) is 0 Å². The molecule has 0 saturated heterocycles. The summed E-state index contributed by atoms with van der Waals surface area (Å²) in [6, 6.07) is 0. The summed E-state index contributed by atoms with van der Waals surface area (Å²) in [4.78, 5) is 37.9. The standard InChI is InChI=1S/C67H130O6/c1-4-7-10-13-15-17-19-21-23-25-27-29-31-33-34-36-37-39-41-43-45-47-49-51-54-57-60-66(69)72-63-64(62-71-65(68)59-56-53-12-9-6-3)73-67(70)61-58-55-52-50-48-46-44-42-40-38-35-32-30-28-26-24-22-20-18-16-14-11-8-5-2/h64H,4-63H2,1-3H3. The number of unbranched alkanes of at least 4 members (excludes halogenated alkanes) is 52. The smallest absolute Gasteiger partial charge is 0.306 e. The summed E-state index contributed by atoms with van der Waals surface area (Å²) in [5.41, 5.74) is 0. The van der Waals surface area contributed by atoms with Gasteiger partial charge in [0.25, 0.3) is 0 Å². The topological polar surface area (TPSA) is 78.9 Å². The lowest BCUT2D eigenvalue weighted by atomic mass is 10.0. The molecule has 1 unspecified atom stereocenters. The minimum Gasteiger partial charge on any atom is -0.462 e. The molecule has 0 fully saturated rings. The van der Waals surface area contributed by atoms with Gasteiger partial charge in [0.05, 0.1) is 0 Å². The maximum Gasteiger partial charge on any atom is 0.306 e. The number of ether oxygens (including phenoxy) is 3. The van der Waals surface area contributed by atoms with Gasteiger partial charge >= 0.3 is 17.9 Å². The molecule has 1 atom stereocenters. The second-order valence-corrected chi connectivity index (χ2v) is 23.1. The van der Waals surface area contributed by atoms with E-state index in [1.54, 1.807) is 0 Å². The number of hydrogen-bond donors (Lipinski definition) is 0. The third-order valence-electron chi connectivity index (χ3n) is 15.6. The van der Waals surface area contributed by atoms with Crippen LogP contribution in [-0.4, -0.2) is 37.2 Å². The molecule has 0 aliphatic carbocycles. The van der Waals surface area contributed by atoms with Gasteiger partial charge in [0.2, 0.25) is 0 Å². The molecule has 0 spiro atoms. The van der Waals surface area contributed by atoms with E-state index in [4.69, 9.17) is 14.2 Å². The minimum absolute atomic E-state index is 0.0622. The molecule has 434 valence electrons. The number of hydrogen-bond acceptors (Lipinski definition) is 6. The molecule has 73 heavy (non-hydrogen) atoms. The molecule has 6 nitrogen and oxygen atoms in total. The normalized spacial score (nSPS) is 11.9. The Hall–Kier alpha value is -1.59. The Bertz CT molecular complexity index is 1090. The number of esters is 3. The molecule has 0 aromatic heterocycles. The lowest BCUT2D eigenvalue weighted by Crippen LogP contribution is -2.30. The van der Waals surface area contributed by atoms with Gasteiger partial charge in [-0.15, -0.1) is 0 Å².